The third kappa shape index (κ3) is 3.84. The molecule has 0 fully saturated rings. The maximum absolute atomic E-state index is 13.3. The van der Waals surface area contributed by atoms with E-state index in [0.717, 1.165) is 42.8 Å². The predicted octanol–water partition coefficient (Wildman–Crippen LogP) is 4.77. The van der Waals surface area contributed by atoms with Crippen LogP contribution in [0.2, 0.25) is 0 Å². The predicted molar refractivity (Wildman–Crippen MR) is 104 cm³/mol. The number of carbonyl (C=O) groups is 1. The van der Waals surface area contributed by atoms with E-state index in [1.807, 2.05) is 25.3 Å². The van der Waals surface area contributed by atoms with Gasteiger partial charge in [-0.1, -0.05) is 6.92 Å². The largest absolute Gasteiger partial charge is 0.491 e. The number of aromatic nitrogens is 2. The first kappa shape index (κ1) is 18.7. The number of hydrogen-bond donors (Lipinski definition) is 0. The Kier molecular flexibility index (Phi) is 5.80. The van der Waals surface area contributed by atoms with Gasteiger partial charge in [-0.3, -0.25) is 4.79 Å². The second kappa shape index (κ2) is 8.07. The Bertz CT molecular complexity index is 776. The number of fused-ring (bicyclic) bond motifs is 1. The molecule has 1 aromatic heterocycles. The Morgan fingerprint density at radius 1 is 1.23 bits per heavy atom. The number of ether oxygens (including phenoxy) is 1. The highest BCUT2D eigenvalue weighted by Crippen LogP contribution is 2.34. The number of benzene rings is 1. The Labute approximate surface area is 156 Å². The third-order valence-electron chi connectivity index (χ3n) is 5.32. The molecule has 1 unspecified atom stereocenters. The second-order valence-corrected chi connectivity index (χ2v) is 7.54. The van der Waals surface area contributed by atoms with Gasteiger partial charge in [-0.2, -0.15) is 0 Å². The summed E-state index contributed by atoms with van der Waals surface area (Å²) in [5.74, 6) is 2.16. The molecule has 2 aromatic rings. The van der Waals surface area contributed by atoms with Gasteiger partial charge in [0, 0.05) is 30.4 Å². The lowest BCUT2D eigenvalue weighted by molar-refractivity contribution is 0.0901. The Hall–Kier alpha value is -2.10. The van der Waals surface area contributed by atoms with Gasteiger partial charge >= 0.3 is 0 Å². The van der Waals surface area contributed by atoms with E-state index in [1.54, 1.807) is 6.20 Å². The van der Waals surface area contributed by atoms with Gasteiger partial charge in [0.1, 0.15) is 11.6 Å². The molecule has 26 heavy (non-hydrogen) atoms. The minimum absolute atomic E-state index is 0.0224. The molecular formula is C22H30N2O2. The summed E-state index contributed by atoms with van der Waals surface area (Å²) >= 11 is 0. The summed E-state index contributed by atoms with van der Waals surface area (Å²) in [6.07, 6.45) is 9.04. The number of carbonyl (C=O) groups excluding carboxylic acids is 1. The van der Waals surface area contributed by atoms with Crippen LogP contribution in [0.4, 0.5) is 0 Å². The molecule has 0 saturated carbocycles. The van der Waals surface area contributed by atoms with Crippen molar-refractivity contribution in [2.75, 3.05) is 0 Å². The van der Waals surface area contributed by atoms with Crippen molar-refractivity contribution in [3.8, 4) is 5.75 Å². The fraction of sp³-hybridized carbons (Fsp3) is 0.545. The summed E-state index contributed by atoms with van der Waals surface area (Å²) in [5.41, 5.74) is 3.38. The lowest BCUT2D eigenvalue weighted by Crippen LogP contribution is -2.23. The summed E-state index contributed by atoms with van der Waals surface area (Å²) in [4.78, 5) is 17.6. The van der Waals surface area contributed by atoms with Crippen LogP contribution in [0, 0.1) is 12.8 Å². The molecule has 140 valence electrons. The number of ketones is 1. The van der Waals surface area contributed by atoms with E-state index in [2.05, 4.69) is 30.3 Å². The van der Waals surface area contributed by atoms with Gasteiger partial charge in [0.15, 0.2) is 5.78 Å². The number of rotatable bonds is 7. The van der Waals surface area contributed by atoms with Crippen LogP contribution in [0.3, 0.4) is 0 Å². The molecule has 1 aliphatic carbocycles. The Morgan fingerprint density at radius 3 is 2.58 bits per heavy atom. The van der Waals surface area contributed by atoms with Gasteiger partial charge < -0.3 is 9.30 Å². The molecular weight excluding hydrogens is 324 g/mol. The maximum atomic E-state index is 13.3. The highest BCUT2D eigenvalue weighted by Gasteiger charge is 2.26. The molecule has 0 saturated heterocycles. The SMILES string of the molecule is CCC(Cn1ccnc1C)C(=O)c1ccc(OC(C)C)c2c1CCCC2. The molecule has 0 bridgehead atoms. The molecule has 1 aliphatic rings. The van der Waals surface area contributed by atoms with Crippen molar-refractivity contribution in [1.29, 1.82) is 0 Å². The van der Waals surface area contributed by atoms with Crippen LogP contribution in [0.5, 0.6) is 5.75 Å². The molecule has 0 N–H and O–H groups in total. The van der Waals surface area contributed by atoms with E-state index >= 15 is 0 Å². The van der Waals surface area contributed by atoms with Gasteiger partial charge in [0.2, 0.25) is 0 Å². The van der Waals surface area contributed by atoms with E-state index in [9.17, 15) is 4.79 Å². The van der Waals surface area contributed by atoms with Crippen molar-refractivity contribution in [2.45, 2.75) is 72.4 Å². The molecule has 1 heterocycles. The minimum Gasteiger partial charge on any atom is -0.491 e. The number of imidazole rings is 1. The number of Topliss-reactive ketones (excluding diaryl/α,β-unsaturated/α-hetero) is 1. The first-order valence-corrected chi connectivity index (χ1v) is 9.84. The van der Waals surface area contributed by atoms with Crippen LogP contribution in [0.25, 0.3) is 0 Å². The summed E-state index contributed by atoms with van der Waals surface area (Å²) in [6, 6.07) is 4.00. The van der Waals surface area contributed by atoms with Crippen LogP contribution >= 0.6 is 0 Å². The zero-order valence-corrected chi connectivity index (χ0v) is 16.4. The third-order valence-corrected chi connectivity index (χ3v) is 5.32. The maximum Gasteiger partial charge on any atom is 0.168 e. The van der Waals surface area contributed by atoms with Gasteiger partial charge in [0.25, 0.3) is 0 Å². The second-order valence-electron chi connectivity index (χ2n) is 7.54. The smallest absolute Gasteiger partial charge is 0.168 e. The Balaban J connectivity index is 1.92. The summed E-state index contributed by atoms with van der Waals surface area (Å²) in [6.45, 7) is 8.87. The van der Waals surface area contributed by atoms with Crippen LogP contribution in [0.1, 0.15) is 67.3 Å². The highest BCUT2D eigenvalue weighted by molar-refractivity contribution is 5.99. The van der Waals surface area contributed by atoms with Crippen molar-refractivity contribution in [3.05, 3.63) is 47.0 Å². The molecule has 0 radical (unpaired) electrons. The minimum atomic E-state index is -0.0224. The molecule has 0 amide bonds. The average Bonchev–Trinajstić information content (AvgIpc) is 3.03. The normalized spacial score (nSPS) is 15.0. The summed E-state index contributed by atoms with van der Waals surface area (Å²) in [7, 11) is 0. The molecule has 0 aliphatic heterocycles. The van der Waals surface area contributed by atoms with Crippen LogP contribution in [-0.4, -0.2) is 21.4 Å². The first-order valence-electron chi connectivity index (χ1n) is 9.84. The van der Waals surface area contributed by atoms with E-state index < -0.39 is 0 Å². The van der Waals surface area contributed by atoms with Crippen LogP contribution in [0.15, 0.2) is 24.5 Å². The standard InChI is InChI=1S/C22H30N2O2/c1-5-17(14-24-13-12-23-16(24)4)22(25)20-10-11-21(26-15(2)3)19-9-7-6-8-18(19)20/h10-13,15,17H,5-9,14H2,1-4H3. The van der Waals surface area contributed by atoms with E-state index in [4.69, 9.17) is 4.74 Å². The van der Waals surface area contributed by atoms with Crippen molar-refractivity contribution in [1.82, 2.24) is 9.55 Å². The van der Waals surface area contributed by atoms with Crippen molar-refractivity contribution < 1.29 is 9.53 Å². The quantitative estimate of drug-likeness (QED) is 0.673. The van der Waals surface area contributed by atoms with Gasteiger partial charge in [-0.05, 0) is 76.1 Å². The first-order chi connectivity index (χ1) is 12.5. The van der Waals surface area contributed by atoms with Gasteiger partial charge in [-0.25, -0.2) is 4.98 Å². The van der Waals surface area contributed by atoms with Gasteiger partial charge in [0.05, 0.1) is 6.10 Å². The number of aryl methyl sites for hydroxylation is 1. The molecule has 0 spiro atoms. The van der Waals surface area contributed by atoms with E-state index in [-0.39, 0.29) is 17.8 Å². The van der Waals surface area contributed by atoms with Crippen molar-refractivity contribution in [3.63, 3.8) is 0 Å². The van der Waals surface area contributed by atoms with Crippen molar-refractivity contribution >= 4 is 5.78 Å². The average molecular weight is 354 g/mol. The Morgan fingerprint density at radius 2 is 1.96 bits per heavy atom. The zero-order chi connectivity index (χ0) is 18.7. The molecule has 3 rings (SSSR count). The monoisotopic (exact) mass is 354 g/mol. The lowest BCUT2D eigenvalue weighted by Gasteiger charge is -2.25. The molecule has 1 aromatic carbocycles. The topological polar surface area (TPSA) is 44.1 Å². The van der Waals surface area contributed by atoms with Crippen molar-refractivity contribution in [2.24, 2.45) is 5.92 Å². The van der Waals surface area contributed by atoms with Crippen LogP contribution in [-0.2, 0) is 19.4 Å². The van der Waals surface area contributed by atoms with E-state index in [1.165, 1.54) is 17.5 Å². The summed E-state index contributed by atoms with van der Waals surface area (Å²) < 4.78 is 8.09. The lowest BCUT2D eigenvalue weighted by atomic mass is 9.83. The fourth-order valence-electron chi connectivity index (χ4n) is 3.88. The molecule has 4 heteroatoms. The number of hydrogen-bond acceptors (Lipinski definition) is 3. The summed E-state index contributed by atoms with van der Waals surface area (Å²) in [5, 5.41) is 0. The fourth-order valence-corrected chi connectivity index (χ4v) is 3.88. The molecule has 4 nitrogen and oxygen atoms in total. The molecule has 1 atom stereocenters. The highest BCUT2D eigenvalue weighted by atomic mass is 16.5. The zero-order valence-electron chi connectivity index (χ0n) is 16.4. The van der Waals surface area contributed by atoms with Crippen LogP contribution < -0.4 is 4.74 Å². The number of nitrogens with zero attached hydrogens (tertiary/aromatic N) is 2. The van der Waals surface area contributed by atoms with Gasteiger partial charge in [-0.15, -0.1) is 0 Å². The van der Waals surface area contributed by atoms with E-state index in [0.29, 0.717) is 6.54 Å².